The highest BCUT2D eigenvalue weighted by Gasteiger charge is 2.27. The van der Waals surface area contributed by atoms with Crippen molar-refractivity contribution < 1.29 is 9.59 Å². The third-order valence-electron chi connectivity index (χ3n) is 5.54. The minimum atomic E-state index is 0.231. The second-order valence-electron chi connectivity index (χ2n) is 7.50. The van der Waals surface area contributed by atoms with Crippen LogP contribution >= 0.6 is 11.8 Å². The van der Waals surface area contributed by atoms with E-state index in [-0.39, 0.29) is 11.8 Å². The van der Waals surface area contributed by atoms with Crippen molar-refractivity contribution in [2.24, 2.45) is 0 Å². The Bertz CT molecular complexity index is 617. The van der Waals surface area contributed by atoms with Crippen LogP contribution in [0.15, 0.2) is 35.2 Å². The second kappa shape index (κ2) is 10.1. The van der Waals surface area contributed by atoms with Gasteiger partial charge in [-0.25, -0.2) is 0 Å². The first kappa shape index (κ1) is 20.2. The van der Waals surface area contributed by atoms with E-state index in [0.717, 1.165) is 51.3 Å². The van der Waals surface area contributed by atoms with Crippen LogP contribution in [0.1, 0.15) is 32.6 Å². The third kappa shape index (κ3) is 5.98. The molecule has 0 radical (unpaired) electrons. The van der Waals surface area contributed by atoms with Crippen molar-refractivity contribution in [1.29, 1.82) is 0 Å². The van der Waals surface area contributed by atoms with Gasteiger partial charge in [0, 0.05) is 55.8 Å². The molecule has 1 aromatic carbocycles. The molecule has 3 rings (SSSR count). The van der Waals surface area contributed by atoms with Gasteiger partial charge in [0.05, 0.1) is 6.54 Å². The lowest BCUT2D eigenvalue weighted by atomic mass is 10.0. The van der Waals surface area contributed by atoms with Gasteiger partial charge in [-0.2, -0.15) is 0 Å². The van der Waals surface area contributed by atoms with Gasteiger partial charge in [0.15, 0.2) is 0 Å². The molecule has 2 fully saturated rings. The number of rotatable bonds is 6. The SMILES string of the molecule is CC1CCCCN1C(=O)CN1CCN(C(=O)CCSc2ccccc2)CC1. The zero-order chi connectivity index (χ0) is 19.1. The summed E-state index contributed by atoms with van der Waals surface area (Å²) in [5, 5.41) is 0. The molecule has 27 heavy (non-hydrogen) atoms. The van der Waals surface area contributed by atoms with E-state index in [4.69, 9.17) is 0 Å². The highest BCUT2D eigenvalue weighted by molar-refractivity contribution is 7.99. The fourth-order valence-electron chi connectivity index (χ4n) is 3.84. The lowest BCUT2D eigenvalue weighted by molar-refractivity contribution is -0.137. The molecule has 2 heterocycles. The Morgan fingerprint density at radius 1 is 1.00 bits per heavy atom. The van der Waals surface area contributed by atoms with Crippen LogP contribution in [0.2, 0.25) is 0 Å². The number of carbonyl (C=O) groups excluding carboxylic acids is 2. The van der Waals surface area contributed by atoms with E-state index < -0.39 is 0 Å². The minimum Gasteiger partial charge on any atom is -0.340 e. The van der Waals surface area contributed by atoms with Gasteiger partial charge in [0.2, 0.25) is 11.8 Å². The summed E-state index contributed by atoms with van der Waals surface area (Å²) in [4.78, 5) is 32.4. The van der Waals surface area contributed by atoms with Crippen LogP contribution in [0.25, 0.3) is 0 Å². The molecular formula is C21H31N3O2S. The summed E-state index contributed by atoms with van der Waals surface area (Å²) < 4.78 is 0. The van der Waals surface area contributed by atoms with Gasteiger partial charge in [-0.1, -0.05) is 18.2 Å². The second-order valence-corrected chi connectivity index (χ2v) is 8.67. The predicted octanol–water partition coefficient (Wildman–Crippen LogP) is 2.71. The average Bonchev–Trinajstić information content (AvgIpc) is 2.69. The lowest BCUT2D eigenvalue weighted by Gasteiger charge is -2.38. The standard InChI is InChI=1S/C21H31N3O2S/c1-18-7-5-6-11-24(18)21(26)17-22-12-14-23(15-13-22)20(25)10-16-27-19-8-3-2-4-9-19/h2-4,8-9,18H,5-7,10-17H2,1H3. The number of hydrogen-bond acceptors (Lipinski definition) is 4. The average molecular weight is 390 g/mol. The van der Waals surface area contributed by atoms with Gasteiger partial charge in [-0.15, -0.1) is 11.8 Å². The first-order valence-electron chi connectivity index (χ1n) is 10.1. The largest absolute Gasteiger partial charge is 0.340 e. The summed E-state index contributed by atoms with van der Waals surface area (Å²) in [5.74, 6) is 1.30. The van der Waals surface area contributed by atoms with Gasteiger partial charge in [-0.3, -0.25) is 14.5 Å². The smallest absolute Gasteiger partial charge is 0.236 e. The number of piperidine rings is 1. The summed E-state index contributed by atoms with van der Waals surface area (Å²) in [6, 6.07) is 10.6. The van der Waals surface area contributed by atoms with Crippen molar-refractivity contribution in [3.05, 3.63) is 30.3 Å². The Morgan fingerprint density at radius 2 is 1.74 bits per heavy atom. The summed E-state index contributed by atoms with van der Waals surface area (Å²) in [6.45, 7) is 6.61. The molecule has 0 spiro atoms. The van der Waals surface area contributed by atoms with Crippen molar-refractivity contribution in [2.75, 3.05) is 45.0 Å². The van der Waals surface area contributed by atoms with Crippen LogP contribution in [0, 0.1) is 0 Å². The quantitative estimate of drug-likeness (QED) is 0.702. The maximum Gasteiger partial charge on any atom is 0.236 e. The van der Waals surface area contributed by atoms with Gasteiger partial charge < -0.3 is 9.80 Å². The molecular weight excluding hydrogens is 358 g/mol. The highest BCUT2D eigenvalue weighted by Crippen LogP contribution is 2.19. The number of hydrogen-bond donors (Lipinski definition) is 0. The summed E-state index contributed by atoms with van der Waals surface area (Å²) in [5.41, 5.74) is 0. The van der Waals surface area contributed by atoms with E-state index >= 15 is 0 Å². The molecule has 2 amide bonds. The van der Waals surface area contributed by atoms with Crippen molar-refractivity contribution in [3.63, 3.8) is 0 Å². The molecule has 2 aliphatic heterocycles. The van der Waals surface area contributed by atoms with Crippen LogP contribution in [0.3, 0.4) is 0 Å². The molecule has 0 aliphatic carbocycles. The number of amides is 2. The molecule has 6 heteroatoms. The number of piperazine rings is 1. The molecule has 2 saturated heterocycles. The Hall–Kier alpha value is -1.53. The molecule has 2 aliphatic rings. The zero-order valence-electron chi connectivity index (χ0n) is 16.3. The third-order valence-corrected chi connectivity index (χ3v) is 6.55. The molecule has 1 aromatic rings. The first-order chi connectivity index (χ1) is 13.1. The molecule has 0 saturated carbocycles. The molecule has 0 bridgehead atoms. The van der Waals surface area contributed by atoms with E-state index in [9.17, 15) is 9.59 Å². The maximum absolute atomic E-state index is 12.6. The Labute approximate surface area is 167 Å². The van der Waals surface area contributed by atoms with Crippen molar-refractivity contribution in [3.8, 4) is 0 Å². The fraction of sp³-hybridized carbons (Fsp3) is 0.619. The lowest BCUT2D eigenvalue weighted by Crippen LogP contribution is -2.53. The Balaban J connectivity index is 1.35. The van der Waals surface area contributed by atoms with Gasteiger partial charge >= 0.3 is 0 Å². The molecule has 0 N–H and O–H groups in total. The van der Waals surface area contributed by atoms with E-state index in [1.807, 2.05) is 28.0 Å². The topological polar surface area (TPSA) is 43.9 Å². The summed E-state index contributed by atoms with van der Waals surface area (Å²) >= 11 is 1.73. The number of likely N-dealkylation sites (tertiary alicyclic amines) is 1. The molecule has 0 aromatic heterocycles. The number of benzene rings is 1. The maximum atomic E-state index is 12.6. The van der Waals surface area contributed by atoms with E-state index in [2.05, 4.69) is 24.0 Å². The monoisotopic (exact) mass is 389 g/mol. The van der Waals surface area contributed by atoms with Crippen molar-refractivity contribution in [1.82, 2.24) is 14.7 Å². The summed E-state index contributed by atoms with van der Waals surface area (Å²) in [6.07, 6.45) is 4.05. The Kier molecular flexibility index (Phi) is 7.59. The number of thioether (sulfide) groups is 1. The van der Waals surface area contributed by atoms with E-state index in [1.165, 1.54) is 11.3 Å². The molecule has 148 valence electrons. The van der Waals surface area contributed by atoms with Crippen LogP contribution in [-0.4, -0.2) is 77.6 Å². The van der Waals surface area contributed by atoms with Crippen LogP contribution in [0.5, 0.6) is 0 Å². The minimum absolute atomic E-state index is 0.231. The van der Waals surface area contributed by atoms with Gasteiger partial charge in [0.1, 0.15) is 0 Å². The van der Waals surface area contributed by atoms with Crippen LogP contribution in [-0.2, 0) is 9.59 Å². The Morgan fingerprint density at radius 3 is 2.44 bits per heavy atom. The highest BCUT2D eigenvalue weighted by atomic mass is 32.2. The van der Waals surface area contributed by atoms with Crippen LogP contribution in [0.4, 0.5) is 0 Å². The van der Waals surface area contributed by atoms with E-state index in [0.29, 0.717) is 19.0 Å². The van der Waals surface area contributed by atoms with Crippen LogP contribution < -0.4 is 0 Å². The van der Waals surface area contributed by atoms with Crippen molar-refractivity contribution in [2.45, 2.75) is 43.5 Å². The first-order valence-corrected chi connectivity index (χ1v) is 11.1. The predicted molar refractivity (Wildman–Crippen MR) is 110 cm³/mol. The zero-order valence-corrected chi connectivity index (χ0v) is 17.1. The molecule has 1 atom stereocenters. The number of nitrogens with zero attached hydrogens (tertiary/aromatic N) is 3. The van der Waals surface area contributed by atoms with Crippen molar-refractivity contribution >= 4 is 23.6 Å². The molecule has 5 nitrogen and oxygen atoms in total. The fourth-order valence-corrected chi connectivity index (χ4v) is 4.70. The summed E-state index contributed by atoms with van der Waals surface area (Å²) in [7, 11) is 0. The molecule has 1 unspecified atom stereocenters. The normalized spacial score (nSPS) is 21.3. The van der Waals surface area contributed by atoms with Gasteiger partial charge in [0.25, 0.3) is 0 Å². The number of carbonyl (C=O) groups is 2. The van der Waals surface area contributed by atoms with E-state index in [1.54, 1.807) is 11.8 Å². The van der Waals surface area contributed by atoms with Gasteiger partial charge in [-0.05, 0) is 38.3 Å².